The van der Waals surface area contributed by atoms with Crippen LogP contribution in [-0.2, 0) is 4.74 Å². The smallest absolute Gasteiger partial charge is 0.260 e. The summed E-state index contributed by atoms with van der Waals surface area (Å²) < 4.78 is 26.6. The van der Waals surface area contributed by atoms with Gasteiger partial charge >= 0.3 is 0 Å². The number of morpholine rings is 1. The first-order chi connectivity index (χ1) is 18.1. The first kappa shape index (κ1) is 26.0. The number of pyridine rings is 2. The van der Waals surface area contributed by atoms with Crippen molar-refractivity contribution in [2.24, 2.45) is 5.41 Å². The van der Waals surface area contributed by atoms with E-state index in [9.17, 15) is 9.18 Å². The van der Waals surface area contributed by atoms with Gasteiger partial charge in [0.1, 0.15) is 10.8 Å². The van der Waals surface area contributed by atoms with E-state index in [1.165, 1.54) is 24.8 Å². The molecule has 3 N–H and O–H groups in total. The number of aromatic nitrogens is 2. The zero-order chi connectivity index (χ0) is 25.7. The van der Waals surface area contributed by atoms with Crippen LogP contribution in [-0.4, -0.2) is 80.4 Å². The van der Waals surface area contributed by atoms with E-state index in [-0.39, 0.29) is 12.5 Å². The molecule has 2 aliphatic heterocycles. The van der Waals surface area contributed by atoms with Gasteiger partial charge in [0, 0.05) is 38.9 Å². The molecule has 5 rings (SSSR count). The summed E-state index contributed by atoms with van der Waals surface area (Å²) in [5, 5.41) is 12.7. The van der Waals surface area contributed by atoms with E-state index in [2.05, 4.69) is 24.9 Å². The first-order valence-corrected chi connectivity index (χ1v) is 13.5. The minimum Gasteiger partial charge on any atom is -0.459 e. The molecule has 2 aromatic heterocycles. The number of alkyl halides is 1. The van der Waals surface area contributed by atoms with E-state index in [0.717, 1.165) is 36.6 Å². The number of amides is 1. The standard InChI is InChI=1S/C25H33FN6O4S/c26-17-36-20-1-2-21(29-23(20)32-10-13-35-14-11-32)30-24(34)18-16-27-22(37-28-7-12-33)15-19(18)31-8-5-25(3-4-25)6-9-31/h1-2,15-16,28,33H,3-14,17H2,(H,29,30,34). The molecule has 1 spiro atoms. The fourth-order valence-corrected chi connectivity index (χ4v) is 5.47. The van der Waals surface area contributed by atoms with Crippen molar-refractivity contribution >= 4 is 35.2 Å². The quantitative estimate of drug-likeness (QED) is 0.312. The Hall–Kier alpha value is -2.67. The Labute approximate surface area is 220 Å². The Morgan fingerprint density at radius 1 is 1.16 bits per heavy atom. The molecule has 1 aliphatic carbocycles. The van der Waals surface area contributed by atoms with Crippen LogP contribution in [0, 0.1) is 5.41 Å². The number of aliphatic hydroxyl groups is 1. The van der Waals surface area contributed by atoms with Crippen LogP contribution >= 0.6 is 11.9 Å². The molecule has 3 fully saturated rings. The second-order valence-corrected chi connectivity index (χ2v) is 10.5. The third-order valence-corrected chi connectivity index (χ3v) is 8.00. The molecule has 1 saturated carbocycles. The van der Waals surface area contributed by atoms with Gasteiger partial charge in [0.2, 0.25) is 6.86 Å². The number of hydrogen-bond acceptors (Lipinski definition) is 10. The molecule has 3 aliphatic rings. The summed E-state index contributed by atoms with van der Waals surface area (Å²) in [4.78, 5) is 26.8. The van der Waals surface area contributed by atoms with Crippen LogP contribution in [0.2, 0.25) is 0 Å². The summed E-state index contributed by atoms with van der Waals surface area (Å²) in [5.41, 5.74) is 1.81. The van der Waals surface area contributed by atoms with Crippen molar-refractivity contribution in [3.63, 3.8) is 0 Å². The van der Waals surface area contributed by atoms with Gasteiger partial charge in [-0.2, -0.15) is 0 Å². The minimum atomic E-state index is -0.964. The zero-order valence-corrected chi connectivity index (χ0v) is 21.6. The van der Waals surface area contributed by atoms with E-state index in [1.807, 2.05) is 11.0 Å². The number of carbonyl (C=O) groups excluding carboxylic acids is 1. The molecule has 0 bridgehead atoms. The molecule has 0 unspecified atom stereocenters. The maximum atomic E-state index is 13.5. The molecule has 0 atom stereocenters. The number of hydrogen-bond donors (Lipinski definition) is 3. The number of rotatable bonds is 10. The Morgan fingerprint density at radius 3 is 2.65 bits per heavy atom. The normalized spacial score (nSPS) is 18.6. The van der Waals surface area contributed by atoms with E-state index < -0.39 is 6.86 Å². The van der Waals surface area contributed by atoms with Crippen LogP contribution in [0.4, 0.5) is 21.7 Å². The van der Waals surface area contributed by atoms with Crippen molar-refractivity contribution in [2.45, 2.75) is 30.7 Å². The average molecular weight is 533 g/mol. The SMILES string of the molecule is O=C(Nc1ccc(OCF)c(N2CCOCC2)n1)c1cnc(SNCCO)cc1N1CCC2(CC1)CC2. The molecular formula is C25H33FN6O4S. The number of halogens is 1. The van der Waals surface area contributed by atoms with Crippen molar-refractivity contribution in [1.82, 2.24) is 14.7 Å². The topological polar surface area (TPSA) is 112 Å². The van der Waals surface area contributed by atoms with Gasteiger partial charge in [-0.3, -0.25) is 9.52 Å². The molecule has 200 valence electrons. The van der Waals surface area contributed by atoms with Crippen molar-refractivity contribution in [3.05, 3.63) is 30.0 Å². The van der Waals surface area contributed by atoms with Gasteiger partial charge in [-0.25, -0.2) is 14.4 Å². The third-order valence-electron chi connectivity index (χ3n) is 7.22. The van der Waals surface area contributed by atoms with Crippen LogP contribution in [0.5, 0.6) is 5.75 Å². The van der Waals surface area contributed by atoms with Crippen molar-refractivity contribution < 1.29 is 23.8 Å². The van der Waals surface area contributed by atoms with Gasteiger partial charge in [-0.1, -0.05) is 0 Å². The van der Waals surface area contributed by atoms with Gasteiger partial charge in [-0.05, 0) is 61.2 Å². The second kappa shape index (κ2) is 11.8. The molecule has 10 nitrogen and oxygen atoms in total. The number of aliphatic hydroxyl groups excluding tert-OH is 1. The number of carbonyl (C=O) groups is 1. The fourth-order valence-electron chi connectivity index (χ4n) is 4.85. The summed E-state index contributed by atoms with van der Waals surface area (Å²) in [6.07, 6.45) is 6.45. The number of nitrogens with one attached hydrogen (secondary N) is 2. The van der Waals surface area contributed by atoms with Crippen LogP contribution in [0.3, 0.4) is 0 Å². The lowest BCUT2D eigenvalue weighted by Gasteiger charge is -2.35. The first-order valence-electron chi connectivity index (χ1n) is 12.7. The molecule has 2 saturated heterocycles. The van der Waals surface area contributed by atoms with Gasteiger partial charge < -0.3 is 29.7 Å². The summed E-state index contributed by atoms with van der Waals surface area (Å²) in [6.45, 7) is 3.57. The van der Waals surface area contributed by atoms with Gasteiger partial charge in [0.15, 0.2) is 11.6 Å². The van der Waals surface area contributed by atoms with Crippen LogP contribution in [0.25, 0.3) is 0 Å². The largest absolute Gasteiger partial charge is 0.459 e. The highest BCUT2D eigenvalue weighted by atomic mass is 32.2. The van der Waals surface area contributed by atoms with E-state index in [0.29, 0.717) is 61.2 Å². The lowest BCUT2D eigenvalue weighted by atomic mass is 9.93. The van der Waals surface area contributed by atoms with E-state index in [4.69, 9.17) is 14.6 Å². The lowest BCUT2D eigenvalue weighted by molar-refractivity contribution is 0.102. The number of ether oxygens (including phenoxy) is 2. The molecule has 37 heavy (non-hydrogen) atoms. The van der Waals surface area contributed by atoms with Gasteiger partial charge in [-0.15, -0.1) is 0 Å². The minimum absolute atomic E-state index is 0.0309. The van der Waals surface area contributed by atoms with Gasteiger partial charge in [0.05, 0.1) is 31.1 Å². The maximum Gasteiger partial charge on any atom is 0.260 e. The Morgan fingerprint density at radius 2 is 1.95 bits per heavy atom. The predicted octanol–water partition coefficient (Wildman–Crippen LogP) is 2.84. The fraction of sp³-hybridized carbons (Fsp3) is 0.560. The van der Waals surface area contributed by atoms with Crippen molar-refractivity contribution in [2.75, 3.05) is 74.5 Å². The van der Waals surface area contributed by atoms with Crippen LogP contribution < -0.4 is 24.6 Å². The Kier molecular flexibility index (Phi) is 8.28. The third kappa shape index (κ3) is 6.25. The summed E-state index contributed by atoms with van der Waals surface area (Å²) in [5.74, 6) is 0.837. The average Bonchev–Trinajstić information content (AvgIpc) is 3.69. The van der Waals surface area contributed by atoms with E-state index in [1.54, 1.807) is 18.3 Å². The number of anilines is 3. The molecule has 4 heterocycles. The summed E-state index contributed by atoms with van der Waals surface area (Å²) in [7, 11) is 0. The Balaban J connectivity index is 1.37. The second-order valence-electron chi connectivity index (χ2n) is 9.57. The molecule has 0 radical (unpaired) electrons. The molecule has 2 aromatic rings. The van der Waals surface area contributed by atoms with Crippen molar-refractivity contribution in [3.8, 4) is 5.75 Å². The molecule has 1 amide bonds. The predicted molar refractivity (Wildman–Crippen MR) is 140 cm³/mol. The maximum absolute atomic E-state index is 13.5. The monoisotopic (exact) mass is 532 g/mol. The molecular weight excluding hydrogens is 499 g/mol. The van der Waals surface area contributed by atoms with Crippen LogP contribution in [0.1, 0.15) is 36.0 Å². The zero-order valence-electron chi connectivity index (χ0n) is 20.7. The molecule has 0 aromatic carbocycles. The highest BCUT2D eigenvalue weighted by Gasteiger charge is 2.44. The lowest BCUT2D eigenvalue weighted by Crippen LogP contribution is -2.37. The highest BCUT2D eigenvalue weighted by molar-refractivity contribution is 7.97. The number of piperidine rings is 1. The summed E-state index contributed by atoms with van der Waals surface area (Å²) in [6, 6.07) is 5.17. The molecule has 12 heteroatoms. The summed E-state index contributed by atoms with van der Waals surface area (Å²) >= 11 is 1.33. The number of nitrogens with zero attached hydrogens (tertiary/aromatic N) is 4. The highest BCUT2D eigenvalue weighted by Crippen LogP contribution is 2.54. The van der Waals surface area contributed by atoms with Crippen molar-refractivity contribution in [1.29, 1.82) is 0 Å². The Bertz CT molecular complexity index is 1090. The van der Waals surface area contributed by atoms with Crippen LogP contribution in [0.15, 0.2) is 29.4 Å². The van der Waals surface area contributed by atoms with E-state index >= 15 is 0 Å². The van der Waals surface area contributed by atoms with Gasteiger partial charge in [0.25, 0.3) is 5.91 Å².